The first-order valence-corrected chi connectivity index (χ1v) is 16.7. The Morgan fingerprint density at radius 1 is 0.760 bits per heavy atom. The van der Waals surface area contributed by atoms with Gasteiger partial charge in [0.05, 0.1) is 32.5 Å². The summed E-state index contributed by atoms with van der Waals surface area (Å²) in [5.74, 6) is -2.19. The minimum atomic E-state index is -0.647. The zero-order chi connectivity index (χ0) is 36.4. The Labute approximate surface area is 312 Å². The maximum Gasteiger partial charge on any atom is 0.277 e. The van der Waals surface area contributed by atoms with Crippen molar-refractivity contribution in [3.63, 3.8) is 0 Å². The van der Waals surface area contributed by atoms with E-state index in [1.165, 1.54) is 46.5 Å². The number of amides is 4. The van der Waals surface area contributed by atoms with Crippen molar-refractivity contribution >= 4 is 106 Å². The SMILES string of the molecule is CCN1C(=O)C(=Cc2ccc(OCC(=O)N/N=C/c3cccc(Cl)c3Cl)cc2OCC(=O)N/N=C/c2cccc(Cl)c2Cl)C(=O)N(CC)C1=S. The Bertz CT molecular complexity index is 1890. The third kappa shape index (κ3) is 9.58. The van der Waals surface area contributed by atoms with E-state index in [2.05, 4.69) is 21.1 Å². The molecule has 0 aliphatic carbocycles. The molecule has 260 valence electrons. The molecule has 4 amide bonds. The number of halogens is 4. The number of nitrogens with one attached hydrogen (secondary N) is 2. The van der Waals surface area contributed by atoms with Crippen LogP contribution < -0.4 is 20.3 Å². The van der Waals surface area contributed by atoms with Gasteiger partial charge in [0.25, 0.3) is 23.6 Å². The van der Waals surface area contributed by atoms with Crippen LogP contribution in [-0.2, 0) is 19.2 Å². The van der Waals surface area contributed by atoms with E-state index in [1.807, 2.05) is 0 Å². The van der Waals surface area contributed by atoms with Crippen LogP contribution in [0.5, 0.6) is 11.5 Å². The minimum absolute atomic E-state index is 0.0564. The van der Waals surface area contributed by atoms with E-state index in [1.54, 1.807) is 50.2 Å². The van der Waals surface area contributed by atoms with Crippen molar-refractivity contribution in [2.24, 2.45) is 10.2 Å². The molecule has 2 N–H and O–H groups in total. The molecule has 12 nitrogen and oxygen atoms in total. The lowest BCUT2D eigenvalue weighted by Crippen LogP contribution is -2.55. The average Bonchev–Trinajstić information content (AvgIpc) is 3.09. The molecule has 1 aliphatic heterocycles. The fourth-order valence-corrected chi connectivity index (χ4v) is 5.47. The molecule has 0 unspecified atom stereocenters. The van der Waals surface area contributed by atoms with Gasteiger partial charge in [0.2, 0.25) is 0 Å². The summed E-state index contributed by atoms with van der Waals surface area (Å²) in [6.45, 7) is 2.98. The van der Waals surface area contributed by atoms with Crippen LogP contribution in [0.15, 0.2) is 70.4 Å². The summed E-state index contributed by atoms with van der Waals surface area (Å²) in [4.78, 5) is 54.2. The predicted octanol–water partition coefficient (Wildman–Crippen LogP) is 5.74. The van der Waals surface area contributed by atoms with Crippen molar-refractivity contribution in [1.29, 1.82) is 0 Å². The van der Waals surface area contributed by atoms with Gasteiger partial charge in [-0.2, -0.15) is 10.2 Å². The van der Waals surface area contributed by atoms with Crippen LogP contribution in [-0.4, -0.2) is 77.3 Å². The highest BCUT2D eigenvalue weighted by Crippen LogP contribution is 2.30. The van der Waals surface area contributed by atoms with Crippen LogP contribution in [0, 0.1) is 0 Å². The third-order valence-electron chi connectivity index (χ3n) is 6.81. The molecule has 1 heterocycles. The molecule has 3 aromatic rings. The van der Waals surface area contributed by atoms with E-state index in [0.29, 0.717) is 21.2 Å². The number of hydrogen-bond donors (Lipinski definition) is 2. The molecule has 0 atom stereocenters. The maximum atomic E-state index is 13.2. The van der Waals surface area contributed by atoms with E-state index in [4.69, 9.17) is 68.1 Å². The number of benzene rings is 3. The number of ether oxygens (including phenoxy) is 2. The molecule has 4 rings (SSSR count). The first-order chi connectivity index (χ1) is 23.9. The number of thiocarbonyl (C=S) groups is 1. The fraction of sp³-hybridized carbons (Fsp3) is 0.182. The van der Waals surface area contributed by atoms with E-state index in [0.717, 1.165) is 0 Å². The van der Waals surface area contributed by atoms with Gasteiger partial charge in [-0.15, -0.1) is 0 Å². The van der Waals surface area contributed by atoms with Crippen molar-refractivity contribution in [3.05, 3.63) is 97.0 Å². The Hall–Kier alpha value is -4.53. The summed E-state index contributed by atoms with van der Waals surface area (Å²) < 4.78 is 11.4. The molecule has 0 spiro atoms. The second kappa shape index (κ2) is 17.9. The van der Waals surface area contributed by atoms with Gasteiger partial charge in [0.15, 0.2) is 18.3 Å². The van der Waals surface area contributed by atoms with Crippen molar-refractivity contribution < 1.29 is 28.7 Å². The zero-order valence-electron chi connectivity index (χ0n) is 26.4. The number of likely N-dealkylation sites (N-methyl/N-ethyl adjacent to an activating group) is 2. The summed E-state index contributed by atoms with van der Waals surface area (Å²) in [5.41, 5.74) is 5.73. The Morgan fingerprint density at radius 3 is 1.76 bits per heavy atom. The van der Waals surface area contributed by atoms with Crippen molar-refractivity contribution in [3.8, 4) is 11.5 Å². The van der Waals surface area contributed by atoms with Crippen molar-refractivity contribution in [2.45, 2.75) is 13.8 Å². The molecule has 3 aromatic carbocycles. The van der Waals surface area contributed by atoms with E-state index >= 15 is 0 Å². The Kier molecular flexibility index (Phi) is 13.7. The zero-order valence-corrected chi connectivity index (χ0v) is 30.3. The number of hydrazone groups is 2. The molecule has 0 saturated carbocycles. The van der Waals surface area contributed by atoms with E-state index < -0.39 is 36.8 Å². The quantitative estimate of drug-likeness (QED) is 0.0742. The average molecular weight is 779 g/mol. The lowest BCUT2D eigenvalue weighted by molar-refractivity contribution is -0.133. The lowest BCUT2D eigenvalue weighted by Gasteiger charge is -2.35. The van der Waals surface area contributed by atoms with Gasteiger partial charge in [-0.25, -0.2) is 10.9 Å². The van der Waals surface area contributed by atoms with Gasteiger partial charge in [-0.1, -0.05) is 70.7 Å². The summed E-state index contributed by atoms with van der Waals surface area (Å²) in [7, 11) is 0. The van der Waals surface area contributed by atoms with Crippen LogP contribution in [0.3, 0.4) is 0 Å². The van der Waals surface area contributed by atoms with Gasteiger partial charge < -0.3 is 9.47 Å². The molecule has 0 aromatic heterocycles. The summed E-state index contributed by atoms with van der Waals surface area (Å²) in [6.07, 6.45) is 3.99. The molecular formula is C33H28Cl4N6O6S. The van der Waals surface area contributed by atoms with Crippen LogP contribution >= 0.6 is 58.6 Å². The first kappa shape index (κ1) is 38.3. The summed E-state index contributed by atoms with van der Waals surface area (Å²) >= 11 is 29.6. The van der Waals surface area contributed by atoms with Gasteiger partial charge in [0, 0.05) is 35.8 Å². The Balaban J connectivity index is 1.52. The molecule has 50 heavy (non-hydrogen) atoms. The highest BCUT2D eigenvalue weighted by atomic mass is 35.5. The fourth-order valence-electron chi connectivity index (χ4n) is 4.33. The topological polar surface area (TPSA) is 142 Å². The van der Waals surface area contributed by atoms with E-state index in [9.17, 15) is 19.2 Å². The molecule has 1 aliphatic rings. The summed E-state index contributed by atoms with van der Waals surface area (Å²) in [5, 5.41) is 9.06. The molecule has 1 fully saturated rings. The smallest absolute Gasteiger partial charge is 0.277 e. The molecule has 0 radical (unpaired) electrons. The molecule has 1 saturated heterocycles. The van der Waals surface area contributed by atoms with Gasteiger partial charge in [-0.3, -0.25) is 29.0 Å². The minimum Gasteiger partial charge on any atom is -0.484 e. The largest absolute Gasteiger partial charge is 0.484 e. The number of carbonyl (C=O) groups is 4. The monoisotopic (exact) mass is 776 g/mol. The lowest BCUT2D eigenvalue weighted by atomic mass is 10.1. The summed E-state index contributed by atoms with van der Waals surface area (Å²) in [6, 6.07) is 14.3. The van der Waals surface area contributed by atoms with Crippen LogP contribution in [0.25, 0.3) is 6.08 Å². The Morgan fingerprint density at radius 2 is 1.26 bits per heavy atom. The first-order valence-electron chi connectivity index (χ1n) is 14.8. The van der Waals surface area contributed by atoms with E-state index in [-0.39, 0.29) is 50.9 Å². The van der Waals surface area contributed by atoms with Gasteiger partial charge in [-0.05, 0) is 56.4 Å². The van der Waals surface area contributed by atoms with Crippen LogP contribution in [0.1, 0.15) is 30.5 Å². The third-order valence-corrected chi connectivity index (χ3v) is 8.92. The maximum absolute atomic E-state index is 13.2. The molecule has 17 heteroatoms. The molecule has 0 bridgehead atoms. The van der Waals surface area contributed by atoms with Crippen LogP contribution in [0.4, 0.5) is 0 Å². The number of carbonyl (C=O) groups excluding carboxylic acids is 4. The standard InChI is InChI=1S/C33H28Cl4N6O6S/c1-3-42-31(46)23(32(47)43(4-2)33(42)50)13-19-11-12-22(48-17-27(44)40-38-15-20-7-5-9-24(34)29(20)36)14-26(19)49-18-28(45)41-39-16-21-8-6-10-25(35)30(21)37/h5-16H,3-4,17-18H2,1-2H3,(H,40,44)(H,41,45)/b38-15+,39-16+. The number of rotatable bonds is 13. The van der Waals surface area contributed by atoms with Crippen molar-refractivity contribution in [2.75, 3.05) is 26.3 Å². The second-order valence-corrected chi connectivity index (χ2v) is 12.0. The van der Waals surface area contributed by atoms with Crippen molar-refractivity contribution in [1.82, 2.24) is 20.7 Å². The highest BCUT2D eigenvalue weighted by molar-refractivity contribution is 7.80. The number of nitrogens with zero attached hydrogens (tertiary/aromatic N) is 4. The molecular weight excluding hydrogens is 750 g/mol. The highest BCUT2D eigenvalue weighted by Gasteiger charge is 2.38. The van der Waals surface area contributed by atoms with Gasteiger partial charge >= 0.3 is 0 Å². The number of hydrogen-bond acceptors (Lipinski definition) is 9. The second-order valence-electron chi connectivity index (χ2n) is 10.1. The normalized spacial score (nSPS) is 13.3. The van der Waals surface area contributed by atoms with Gasteiger partial charge in [0.1, 0.15) is 17.1 Å². The predicted molar refractivity (Wildman–Crippen MR) is 197 cm³/mol. The van der Waals surface area contributed by atoms with Crippen LogP contribution in [0.2, 0.25) is 20.1 Å².